The SMILES string of the molecule is O=C(CN1CCN(Cc2ccoc2)C[C@@H](O)C1)N1CCCCC1. The van der Waals surface area contributed by atoms with E-state index in [9.17, 15) is 9.90 Å². The zero-order valence-corrected chi connectivity index (χ0v) is 13.7. The van der Waals surface area contributed by atoms with Crippen molar-refractivity contribution in [2.24, 2.45) is 0 Å². The predicted octanol–water partition coefficient (Wildman–Crippen LogP) is 0.771. The van der Waals surface area contributed by atoms with Crippen molar-refractivity contribution >= 4 is 5.91 Å². The third-order valence-electron chi connectivity index (χ3n) is 4.72. The van der Waals surface area contributed by atoms with Gasteiger partial charge in [-0.3, -0.25) is 14.6 Å². The van der Waals surface area contributed by atoms with Gasteiger partial charge in [0.1, 0.15) is 0 Å². The highest BCUT2D eigenvalue weighted by atomic mass is 16.3. The van der Waals surface area contributed by atoms with Gasteiger partial charge in [0.15, 0.2) is 0 Å². The lowest BCUT2D eigenvalue weighted by Crippen LogP contribution is -2.44. The molecule has 0 unspecified atom stereocenters. The number of carbonyl (C=O) groups is 1. The number of carbonyl (C=O) groups excluding carboxylic acids is 1. The lowest BCUT2D eigenvalue weighted by molar-refractivity contribution is -0.133. The van der Waals surface area contributed by atoms with E-state index in [1.54, 1.807) is 12.5 Å². The number of hydrogen-bond donors (Lipinski definition) is 1. The Morgan fingerprint density at radius 1 is 1.13 bits per heavy atom. The highest BCUT2D eigenvalue weighted by molar-refractivity contribution is 5.78. The number of rotatable bonds is 4. The summed E-state index contributed by atoms with van der Waals surface area (Å²) in [6.07, 6.45) is 6.47. The predicted molar refractivity (Wildman–Crippen MR) is 86.9 cm³/mol. The maximum atomic E-state index is 12.4. The van der Waals surface area contributed by atoms with Crippen LogP contribution in [-0.2, 0) is 11.3 Å². The van der Waals surface area contributed by atoms with Crippen molar-refractivity contribution in [2.75, 3.05) is 45.8 Å². The van der Waals surface area contributed by atoms with Gasteiger partial charge in [-0.05, 0) is 25.3 Å². The Hall–Kier alpha value is -1.37. The molecule has 23 heavy (non-hydrogen) atoms. The maximum Gasteiger partial charge on any atom is 0.236 e. The molecular weight excluding hydrogens is 294 g/mol. The summed E-state index contributed by atoms with van der Waals surface area (Å²) in [5.41, 5.74) is 1.12. The summed E-state index contributed by atoms with van der Waals surface area (Å²) in [5.74, 6) is 0.209. The molecule has 1 aromatic heterocycles. The van der Waals surface area contributed by atoms with E-state index in [0.29, 0.717) is 19.6 Å². The molecule has 128 valence electrons. The van der Waals surface area contributed by atoms with Gasteiger partial charge in [-0.15, -0.1) is 0 Å². The van der Waals surface area contributed by atoms with Gasteiger partial charge in [0.2, 0.25) is 5.91 Å². The number of aliphatic hydroxyl groups excluding tert-OH is 1. The van der Waals surface area contributed by atoms with Crippen LogP contribution in [0.25, 0.3) is 0 Å². The van der Waals surface area contributed by atoms with E-state index < -0.39 is 6.10 Å². The third kappa shape index (κ3) is 4.80. The van der Waals surface area contributed by atoms with Crippen molar-refractivity contribution in [1.82, 2.24) is 14.7 Å². The molecule has 3 rings (SSSR count). The average molecular weight is 321 g/mol. The second kappa shape index (κ2) is 7.95. The van der Waals surface area contributed by atoms with Crippen LogP contribution in [0.4, 0.5) is 0 Å². The number of hydrogen-bond acceptors (Lipinski definition) is 5. The molecule has 1 amide bonds. The van der Waals surface area contributed by atoms with Crippen molar-refractivity contribution in [3.63, 3.8) is 0 Å². The maximum absolute atomic E-state index is 12.4. The summed E-state index contributed by atoms with van der Waals surface area (Å²) in [6.45, 7) is 5.87. The molecule has 0 spiro atoms. The lowest BCUT2D eigenvalue weighted by Gasteiger charge is -2.29. The number of nitrogens with zero attached hydrogens (tertiary/aromatic N) is 3. The first-order chi connectivity index (χ1) is 11.2. The van der Waals surface area contributed by atoms with Gasteiger partial charge in [-0.25, -0.2) is 0 Å². The zero-order valence-electron chi connectivity index (χ0n) is 13.7. The number of likely N-dealkylation sites (tertiary alicyclic amines) is 1. The summed E-state index contributed by atoms with van der Waals surface area (Å²) in [7, 11) is 0. The molecule has 1 atom stereocenters. The smallest absolute Gasteiger partial charge is 0.236 e. The first kappa shape index (κ1) is 16.5. The van der Waals surface area contributed by atoms with Crippen molar-refractivity contribution in [1.29, 1.82) is 0 Å². The third-order valence-corrected chi connectivity index (χ3v) is 4.72. The topological polar surface area (TPSA) is 60.2 Å². The van der Waals surface area contributed by atoms with Gasteiger partial charge in [-0.2, -0.15) is 0 Å². The summed E-state index contributed by atoms with van der Waals surface area (Å²) in [5, 5.41) is 10.3. The zero-order chi connectivity index (χ0) is 16.1. The number of furan rings is 1. The molecule has 1 N–H and O–H groups in total. The molecule has 2 saturated heterocycles. The molecule has 0 aromatic carbocycles. The molecule has 1 aromatic rings. The number of β-amino-alcohol motifs (C(OH)–C–C–N with tert-alkyl or cyclic N) is 1. The fraction of sp³-hybridized carbons (Fsp3) is 0.706. The number of aliphatic hydroxyl groups is 1. The van der Waals surface area contributed by atoms with Crippen molar-refractivity contribution in [3.8, 4) is 0 Å². The Labute approximate surface area is 137 Å². The molecule has 2 aliphatic heterocycles. The normalized spacial score (nSPS) is 24.6. The van der Waals surface area contributed by atoms with Crippen LogP contribution in [0.5, 0.6) is 0 Å². The minimum Gasteiger partial charge on any atom is -0.472 e. The summed E-state index contributed by atoms with van der Waals surface area (Å²) in [6, 6.07) is 1.95. The van der Waals surface area contributed by atoms with Crippen molar-refractivity contribution < 1.29 is 14.3 Å². The second-order valence-electron chi connectivity index (χ2n) is 6.70. The van der Waals surface area contributed by atoms with Gasteiger partial charge in [0, 0.05) is 51.4 Å². The molecule has 0 aliphatic carbocycles. The summed E-state index contributed by atoms with van der Waals surface area (Å²) < 4.78 is 5.11. The molecule has 0 bridgehead atoms. The molecule has 2 aliphatic rings. The van der Waals surface area contributed by atoms with Crippen LogP contribution >= 0.6 is 0 Å². The summed E-state index contributed by atoms with van der Waals surface area (Å²) >= 11 is 0. The van der Waals surface area contributed by atoms with E-state index in [4.69, 9.17) is 4.42 Å². The van der Waals surface area contributed by atoms with E-state index in [0.717, 1.165) is 51.1 Å². The largest absolute Gasteiger partial charge is 0.472 e. The van der Waals surface area contributed by atoms with Crippen LogP contribution in [0.1, 0.15) is 24.8 Å². The Morgan fingerprint density at radius 3 is 2.61 bits per heavy atom. The quantitative estimate of drug-likeness (QED) is 0.888. The van der Waals surface area contributed by atoms with Gasteiger partial charge >= 0.3 is 0 Å². The van der Waals surface area contributed by atoms with Crippen LogP contribution in [-0.4, -0.2) is 77.6 Å². The van der Waals surface area contributed by atoms with Crippen LogP contribution in [0.15, 0.2) is 23.0 Å². The first-order valence-electron chi connectivity index (χ1n) is 8.62. The van der Waals surface area contributed by atoms with E-state index in [1.807, 2.05) is 11.0 Å². The lowest BCUT2D eigenvalue weighted by atomic mass is 10.1. The second-order valence-corrected chi connectivity index (χ2v) is 6.70. The van der Waals surface area contributed by atoms with Crippen LogP contribution in [0.2, 0.25) is 0 Å². The molecule has 0 radical (unpaired) electrons. The first-order valence-corrected chi connectivity index (χ1v) is 8.62. The Morgan fingerprint density at radius 2 is 1.87 bits per heavy atom. The molecule has 6 nitrogen and oxygen atoms in total. The van der Waals surface area contributed by atoms with Crippen LogP contribution in [0.3, 0.4) is 0 Å². The van der Waals surface area contributed by atoms with E-state index in [-0.39, 0.29) is 5.91 Å². The molecule has 2 fully saturated rings. The highest BCUT2D eigenvalue weighted by Gasteiger charge is 2.25. The monoisotopic (exact) mass is 321 g/mol. The summed E-state index contributed by atoms with van der Waals surface area (Å²) in [4.78, 5) is 18.7. The van der Waals surface area contributed by atoms with E-state index in [1.165, 1.54) is 6.42 Å². The Balaban J connectivity index is 1.50. The van der Waals surface area contributed by atoms with E-state index >= 15 is 0 Å². The molecule has 0 saturated carbocycles. The van der Waals surface area contributed by atoms with Gasteiger partial charge < -0.3 is 14.4 Å². The fourth-order valence-electron chi connectivity index (χ4n) is 3.48. The Kier molecular flexibility index (Phi) is 5.70. The fourth-order valence-corrected chi connectivity index (χ4v) is 3.48. The standard InChI is InChI=1S/C17H27N3O3/c21-16-11-18(10-15-4-9-23-14-15)7-8-19(12-16)13-17(22)20-5-2-1-3-6-20/h4,9,14,16,21H,1-3,5-8,10-13H2/t16-/m1/s1. The van der Waals surface area contributed by atoms with Crippen molar-refractivity contribution in [3.05, 3.63) is 24.2 Å². The number of piperidine rings is 1. The number of amides is 1. The van der Waals surface area contributed by atoms with Gasteiger partial charge in [-0.1, -0.05) is 0 Å². The van der Waals surface area contributed by atoms with Gasteiger partial charge in [0.05, 0.1) is 25.2 Å². The molecule has 6 heteroatoms. The minimum absolute atomic E-state index is 0.209. The Bertz CT molecular complexity index is 485. The highest BCUT2D eigenvalue weighted by Crippen LogP contribution is 2.12. The van der Waals surface area contributed by atoms with Crippen molar-refractivity contribution in [2.45, 2.75) is 31.9 Å². The van der Waals surface area contributed by atoms with Crippen LogP contribution in [0, 0.1) is 0 Å². The minimum atomic E-state index is -0.418. The van der Waals surface area contributed by atoms with Gasteiger partial charge in [0.25, 0.3) is 0 Å². The van der Waals surface area contributed by atoms with E-state index in [2.05, 4.69) is 9.80 Å². The van der Waals surface area contributed by atoms with Crippen LogP contribution < -0.4 is 0 Å². The molecular formula is C17H27N3O3. The average Bonchev–Trinajstić information content (AvgIpc) is 2.99. The molecule has 3 heterocycles.